The molecular formula is C19H32. The Balaban J connectivity index is 0.00000154. The van der Waals surface area contributed by atoms with Crippen molar-refractivity contribution >= 4 is 0 Å². The van der Waals surface area contributed by atoms with Crippen LogP contribution >= 0.6 is 0 Å². The summed E-state index contributed by atoms with van der Waals surface area (Å²) in [6, 6.07) is 11.0. The fraction of sp³-hybridized carbons (Fsp3) is 0.579. The monoisotopic (exact) mass is 260 g/mol. The van der Waals surface area contributed by atoms with Crippen LogP contribution in [0.15, 0.2) is 43.5 Å². The minimum absolute atomic E-state index is 0.215. The van der Waals surface area contributed by atoms with Crippen LogP contribution in [0, 0.1) is 10.8 Å². The van der Waals surface area contributed by atoms with Gasteiger partial charge in [0.05, 0.1) is 0 Å². The molecule has 1 rings (SSSR count). The third-order valence-electron chi connectivity index (χ3n) is 3.95. The molecule has 0 heterocycles. The molecule has 0 aliphatic rings. The summed E-state index contributed by atoms with van der Waals surface area (Å²) in [6.07, 6.45) is 1.20. The summed E-state index contributed by atoms with van der Waals surface area (Å²) in [5, 5.41) is 0. The van der Waals surface area contributed by atoms with Gasteiger partial charge in [-0.15, -0.1) is 13.2 Å². The lowest BCUT2D eigenvalue weighted by Gasteiger charge is -2.46. The number of rotatable bonds is 2. The predicted molar refractivity (Wildman–Crippen MR) is 88.6 cm³/mol. The molecule has 0 fully saturated rings. The lowest BCUT2D eigenvalue weighted by atomic mass is 9.58. The van der Waals surface area contributed by atoms with E-state index in [1.165, 1.54) is 12.0 Å². The molecule has 1 atom stereocenters. The van der Waals surface area contributed by atoms with E-state index in [0.29, 0.717) is 5.41 Å². The van der Waals surface area contributed by atoms with Crippen molar-refractivity contribution in [3.63, 3.8) is 0 Å². The van der Waals surface area contributed by atoms with Gasteiger partial charge in [0.15, 0.2) is 0 Å². The molecule has 0 amide bonds. The van der Waals surface area contributed by atoms with Gasteiger partial charge in [-0.2, -0.15) is 0 Å². The first kappa shape index (κ1) is 18.0. The smallest absolute Gasteiger partial charge is 0.00218 e. The first-order chi connectivity index (χ1) is 8.56. The van der Waals surface area contributed by atoms with E-state index in [2.05, 4.69) is 92.0 Å². The second-order valence-electron chi connectivity index (χ2n) is 7.69. The lowest BCUT2D eigenvalue weighted by molar-refractivity contribution is 0.134. The van der Waals surface area contributed by atoms with Crippen molar-refractivity contribution < 1.29 is 0 Å². The average Bonchev–Trinajstić information content (AvgIpc) is 2.29. The van der Waals surface area contributed by atoms with Gasteiger partial charge in [0.1, 0.15) is 0 Å². The van der Waals surface area contributed by atoms with Gasteiger partial charge in [-0.1, -0.05) is 78.8 Å². The SMILES string of the molecule is C=C.CC(C)(C)CC(C)(c1ccccc1)C(C)(C)C. The molecule has 0 saturated carbocycles. The molecule has 0 heteroatoms. The molecule has 0 radical (unpaired) electrons. The fourth-order valence-corrected chi connectivity index (χ4v) is 2.67. The summed E-state index contributed by atoms with van der Waals surface area (Å²) in [5.74, 6) is 0. The van der Waals surface area contributed by atoms with Crippen molar-refractivity contribution in [2.75, 3.05) is 0 Å². The Labute approximate surface area is 120 Å². The van der Waals surface area contributed by atoms with Crippen molar-refractivity contribution in [3.05, 3.63) is 49.1 Å². The zero-order valence-electron chi connectivity index (χ0n) is 14.0. The molecule has 108 valence electrons. The topological polar surface area (TPSA) is 0 Å². The molecule has 1 unspecified atom stereocenters. The van der Waals surface area contributed by atoms with Gasteiger partial charge < -0.3 is 0 Å². The molecule has 0 aliphatic carbocycles. The Morgan fingerprint density at radius 2 is 1.21 bits per heavy atom. The van der Waals surface area contributed by atoms with Gasteiger partial charge in [-0.25, -0.2) is 0 Å². The highest BCUT2D eigenvalue weighted by Crippen LogP contribution is 2.48. The molecule has 0 saturated heterocycles. The van der Waals surface area contributed by atoms with Crippen LogP contribution in [-0.2, 0) is 5.41 Å². The maximum absolute atomic E-state index is 3.00. The third-order valence-corrected chi connectivity index (χ3v) is 3.95. The Bertz CT molecular complexity index is 361. The van der Waals surface area contributed by atoms with Crippen LogP contribution in [-0.4, -0.2) is 0 Å². The van der Waals surface area contributed by atoms with Crippen molar-refractivity contribution in [1.82, 2.24) is 0 Å². The van der Waals surface area contributed by atoms with Gasteiger partial charge in [0, 0.05) is 0 Å². The van der Waals surface area contributed by atoms with E-state index in [1.807, 2.05) is 0 Å². The van der Waals surface area contributed by atoms with E-state index >= 15 is 0 Å². The minimum Gasteiger partial charge on any atom is -0.106 e. The van der Waals surface area contributed by atoms with E-state index in [9.17, 15) is 0 Å². The Morgan fingerprint density at radius 3 is 1.53 bits per heavy atom. The summed E-state index contributed by atoms with van der Waals surface area (Å²) >= 11 is 0. The first-order valence-electron chi connectivity index (χ1n) is 7.12. The van der Waals surface area contributed by atoms with Gasteiger partial charge in [-0.3, -0.25) is 0 Å². The standard InChI is InChI=1S/C17H28.C2H4/c1-15(2,3)13-17(7,16(4,5)6)14-11-9-8-10-12-14;1-2/h8-12H,13H2,1-7H3;1-2H2. The van der Waals surface area contributed by atoms with Gasteiger partial charge in [0.25, 0.3) is 0 Å². The molecule has 1 aromatic rings. The predicted octanol–water partition coefficient (Wildman–Crippen LogP) is 6.23. The van der Waals surface area contributed by atoms with Crippen molar-refractivity contribution in [2.24, 2.45) is 10.8 Å². The van der Waals surface area contributed by atoms with Crippen LogP contribution in [0.2, 0.25) is 0 Å². The fourth-order valence-electron chi connectivity index (χ4n) is 2.67. The van der Waals surface area contributed by atoms with Crippen molar-refractivity contribution in [2.45, 2.75) is 60.3 Å². The van der Waals surface area contributed by atoms with E-state index in [4.69, 9.17) is 0 Å². The van der Waals surface area contributed by atoms with E-state index < -0.39 is 0 Å². The number of benzene rings is 1. The van der Waals surface area contributed by atoms with Crippen LogP contribution < -0.4 is 0 Å². The highest BCUT2D eigenvalue weighted by Gasteiger charge is 2.41. The summed E-state index contributed by atoms with van der Waals surface area (Å²) in [4.78, 5) is 0. The second-order valence-corrected chi connectivity index (χ2v) is 7.69. The second kappa shape index (κ2) is 6.41. The lowest BCUT2D eigenvalue weighted by Crippen LogP contribution is -2.40. The van der Waals surface area contributed by atoms with Crippen molar-refractivity contribution in [1.29, 1.82) is 0 Å². The summed E-state index contributed by atoms with van der Waals surface area (Å²) in [7, 11) is 0. The van der Waals surface area contributed by atoms with E-state index in [1.54, 1.807) is 0 Å². The van der Waals surface area contributed by atoms with Gasteiger partial charge >= 0.3 is 0 Å². The molecular weight excluding hydrogens is 228 g/mol. The summed E-state index contributed by atoms with van der Waals surface area (Å²) in [5.41, 5.74) is 2.29. The van der Waals surface area contributed by atoms with Crippen molar-refractivity contribution in [3.8, 4) is 0 Å². The summed E-state index contributed by atoms with van der Waals surface area (Å²) in [6.45, 7) is 22.5. The van der Waals surface area contributed by atoms with Crippen LogP contribution in [0.25, 0.3) is 0 Å². The van der Waals surface area contributed by atoms with Gasteiger partial charge in [0.2, 0.25) is 0 Å². The highest BCUT2D eigenvalue weighted by atomic mass is 14.5. The maximum Gasteiger partial charge on any atom is -0.00218 e. The van der Waals surface area contributed by atoms with E-state index in [0.717, 1.165) is 0 Å². The minimum atomic E-state index is 0.215. The van der Waals surface area contributed by atoms with Crippen LogP contribution in [0.4, 0.5) is 0 Å². The molecule has 0 spiro atoms. The third kappa shape index (κ3) is 4.86. The highest BCUT2D eigenvalue weighted by molar-refractivity contribution is 5.27. The number of hydrogen-bond donors (Lipinski definition) is 0. The van der Waals surface area contributed by atoms with Crippen LogP contribution in [0.3, 0.4) is 0 Å². The van der Waals surface area contributed by atoms with E-state index in [-0.39, 0.29) is 10.8 Å². The Morgan fingerprint density at radius 1 is 0.789 bits per heavy atom. The van der Waals surface area contributed by atoms with Crippen LogP contribution in [0.5, 0.6) is 0 Å². The first-order valence-corrected chi connectivity index (χ1v) is 7.12. The molecule has 0 N–H and O–H groups in total. The Hall–Kier alpha value is -1.04. The van der Waals surface area contributed by atoms with Crippen LogP contribution in [0.1, 0.15) is 60.5 Å². The Kier molecular flexibility index (Phi) is 6.06. The molecule has 0 aliphatic heterocycles. The van der Waals surface area contributed by atoms with Gasteiger partial charge in [-0.05, 0) is 28.2 Å². The number of hydrogen-bond acceptors (Lipinski definition) is 0. The zero-order chi connectivity index (χ0) is 15.3. The zero-order valence-corrected chi connectivity index (χ0v) is 14.0. The molecule has 0 aromatic heterocycles. The summed E-state index contributed by atoms with van der Waals surface area (Å²) < 4.78 is 0. The normalized spacial score (nSPS) is 15.1. The maximum atomic E-state index is 3.00. The molecule has 0 bridgehead atoms. The average molecular weight is 260 g/mol. The molecule has 19 heavy (non-hydrogen) atoms. The molecule has 0 nitrogen and oxygen atoms in total. The largest absolute Gasteiger partial charge is 0.106 e. The quantitative estimate of drug-likeness (QED) is 0.553. The molecule has 1 aromatic carbocycles.